The summed E-state index contributed by atoms with van der Waals surface area (Å²) in [6, 6.07) is 76.0. The van der Waals surface area contributed by atoms with Gasteiger partial charge in [-0.2, -0.15) is 0 Å². The van der Waals surface area contributed by atoms with Crippen molar-refractivity contribution >= 4 is 17.1 Å². The zero-order valence-corrected chi connectivity index (χ0v) is 27.2. The monoisotopic (exact) mass is 625 g/mol. The lowest BCUT2D eigenvalue weighted by Gasteiger charge is -2.27. The van der Waals surface area contributed by atoms with Gasteiger partial charge >= 0.3 is 0 Å². The maximum absolute atomic E-state index is 2.38. The first-order valence-corrected chi connectivity index (χ1v) is 16.8. The molecule has 0 aliphatic carbocycles. The molecule has 0 aliphatic rings. The molecule has 0 unspecified atom stereocenters. The molecule has 8 aromatic rings. The van der Waals surface area contributed by atoms with E-state index in [0.29, 0.717) is 0 Å². The van der Waals surface area contributed by atoms with E-state index in [-0.39, 0.29) is 0 Å². The van der Waals surface area contributed by atoms with Crippen molar-refractivity contribution in [2.75, 3.05) is 4.90 Å². The summed E-state index contributed by atoms with van der Waals surface area (Å²) in [5, 5.41) is 0. The quantitative estimate of drug-likeness (QED) is 0.162. The third-order valence-electron chi connectivity index (χ3n) is 9.07. The van der Waals surface area contributed by atoms with Crippen LogP contribution in [0.1, 0.15) is 0 Å². The average Bonchev–Trinajstić information content (AvgIpc) is 3.20. The summed E-state index contributed by atoms with van der Waals surface area (Å²) in [5.41, 5.74) is 15.3. The number of hydrogen-bond acceptors (Lipinski definition) is 1. The van der Waals surface area contributed by atoms with Crippen molar-refractivity contribution in [1.82, 2.24) is 0 Å². The Labute approximate surface area is 289 Å². The van der Waals surface area contributed by atoms with Crippen molar-refractivity contribution in [1.29, 1.82) is 0 Å². The molecule has 0 aliphatic heterocycles. The minimum absolute atomic E-state index is 1.10. The van der Waals surface area contributed by atoms with Gasteiger partial charge in [0.2, 0.25) is 0 Å². The molecule has 8 rings (SSSR count). The van der Waals surface area contributed by atoms with Crippen LogP contribution in [0.4, 0.5) is 17.1 Å². The lowest BCUT2D eigenvalue weighted by atomic mass is 9.94. The van der Waals surface area contributed by atoms with Gasteiger partial charge < -0.3 is 4.90 Å². The predicted octanol–water partition coefficient (Wildman–Crippen LogP) is 13.5. The van der Waals surface area contributed by atoms with E-state index < -0.39 is 0 Å². The Morgan fingerprint density at radius 1 is 0.204 bits per heavy atom. The molecule has 1 nitrogen and oxygen atoms in total. The molecule has 232 valence electrons. The second-order valence-electron chi connectivity index (χ2n) is 12.2. The highest BCUT2D eigenvalue weighted by atomic mass is 15.1. The molecule has 0 heterocycles. The molecule has 0 atom stereocenters. The van der Waals surface area contributed by atoms with E-state index in [1.54, 1.807) is 0 Å². The minimum Gasteiger partial charge on any atom is -0.310 e. The van der Waals surface area contributed by atoms with Crippen LogP contribution in [0.5, 0.6) is 0 Å². The van der Waals surface area contributed by atoms with E-state index in [1.807, 2.05) is 0 Å². The summed E-state index contributed by atoms with van der Waals surface area (Å²) in [6.45, 7) is 0. The maximum Gasteiger partial charge on any atom is 0.0473 e. The molecule has 0 radical (unpaired) electrons. The number of nitrogens with zero attached hydrogens (tertiary/aromatic N) is 1. The lowest BCUT2D eigenvalue weighted by molar-refractivity contribution is 1.28. The average molecular weight is 626 g/mol. The fourth-order valence-corrected chi connectivity index (χ4v) is 6.61. The van der Waals surface area contributed by atoms with Crippen LogP contribution < -0.4 is 4.90 Å². The highest BCUT2D eigenvalue weighted by Crippen LogP contribution is 2.41. The molecule has 1 heteroatoms. The molecule has 49 heavy (non-hydrogen) atoms. The predicted molar refractivity (Wildman–Crippen MR) is 208 cm³/mol. The Morgan fingerprint density at radius 2 is 0.510 bits per heavy atom. The normalized spacial score (nSPS) is 10.9. The van der Waals surface area contributed by atoms with Crippen LogP contribution in [0.3, 0.4) is 0 Å². The molecule has 8 aromatic carbocycles. The van der Waals surface area contributed by atoms with Crippen molar-refractivity contribution in [3.63, 3.8) is 0 Å². The van der Waals surface area contributed by atoms with Crippen molar-refractivity contribution in [2.24, 2.45) is 0 Å². The zero-order valence-electron chi connectivity index (χ0n) is 27.2. The topological polar surface area (TPSA) is 3.24 Å². The van der Waals surface area contributed by atoms with Gasteiger partial charge in [0, 0.05) is 17.1 Å². The van der Waals surface area contributed by atoms with Crippen LogP contribution in [0.2, 0.25) is 0 Å². The molecule has 0 N–H and O–H groups in total. The summed E-state index contributed by atoms with van der Waals surface area (Å²) in [5.74, 6) is 0. The summed E-state index contributed by atoms with van der Waals surface area (Å²) >= 11 is 0. The van der Waals surface area contributed by atoms with Gasteiger partial charge in [-0.15, -0.1) is 0 Å². The van der Waals surface area contributed by atoms with E-state index in [4.69, 9.17) is 0 Å². The lowest BCUT2D eigenvalue weighted by Crippen LogP contribution is -2.10. The van der Waals surface area contributed by atoms with Crippen molar-refractivity contribution in [3.8, 4) is 55.6 Å². The molecule has 0 saturated carbocycles. The second-order valence-corrected chi connectivity index (χ2v) is 12.2. The van der Waals surface area contributed by atoms with Gasteiger partial charge in [-0.1, -0.05) is 170 Å². The van der Waals surface area contributed by atoms with Crippen molar-refractivity contribution < 1.29 is 0 Å². The molecule has 0 aromatic heterocycles. The SMILES string of the molecule is c1ccc(-c2ccc(N(c3ccc(-c4ccccc4-c4ccccc4)cc3)c3cc(-c4ccccc4)cc(-c4ccccc4)c3)cc2)cc1. The van der Waals surface area contributed by atoms with Gasteiger partial charge in [-0.25, -0.2) is 0 Å². The van der Waals surface area contributed by atoms with Crippen LogP contribution in [-0.2, 0) is 0 Å². The number of benzene rings is 8. The van der Waals surface area contributed by atoms with Gasteiger partial charge in [0.25, 0.3) is 0 Å². The van der Waals surface area contributed by atoms with Gasteiger partial charge in [0.05, 0.1) is 0 Å². The largest absolute Gasteiger partial charge is 0.310 e. The highest BCUT2D eigenvalue weighted by molar-refractivity contribution is 5.88. The van der Waals surface area contributed by atoms with E-state index in [0.717, 1.165) is 17.1 Å². The number of anilines is 3. The fraction of sp³-hybridized carbons (Fsp3) is 0. The molecular weight excluding hydrogens is 591 g/mol. The third kappa shape index (κ3) is 6.43. The minimum atomic E-state index is 1.10. The smallest absolute Gasteiger partial charge is 0.0473 e. The molecule has 0 fully saturated rings. The first-order valence-electron chi connectivity index (χ1n) is 16.8. The number of rotatable bonds is 8. The Hall–Kier alpha value is -6.44. The Balaban J connectivity index is 1.27. The van der Waals surface area contributed by atoms with Crippen LogP contribution >= 0.6 is 0 Å². The van der Waals surface area contributed by atoms with Crippen LogP contribution in [0.15, 0.2) is 212 Å². The summed E-state index contributed by atoms with van der Waals surface area (Å²) in [4.78, 5) is 2.38. The highest BCUT2D eigenvalue weighted by Gasteiger charge is 2.17. The Morgan fingerprint density at radius 3 is 0.939 bits per heavy atom. The van der Waals surface area contributed by atoms with Gasteiger partial charge in [-0.05, 0) is 98.1 Å². The molecular formula is C48H35N. The summed E-state index contributed by atoms with van der Waals surface area (Å²) in [7, 11) is 0. The van der Waals surface area contributed by atoms with Crippen molar-refractivity contribution in [2.45, 2.75) is 0 Å². The Kier molecular flexibility index (Phi) is 8.39. The summed E-state index contributed by atoms with van der Waals surface area (Å²) in [6.07, 6.45) is 0. The van der Waals surface area contributed by atoms with Crippen LogP contribution in [-0.4, -0.2) is 0 Å². The van der Waals surface area contributed by atoms with Gasteiger partial charge in [0.1, 0.15) is 0 Å². The molecule has 0 saturated heterocycles. The second kappa shape index (κ2) is 13.7. The van der Waals surface area contributed by atoms with Gasteiger partial charge in [-0.3, -0.25) is 0 Å². The van der Waals surface area contributed by atoms with E-state index in [9.17, 15) is 0 Å². The van der Waals surface area contributed by atoms with E-state index in [1.165, 1.54) is 55.6 Å². The van der Waals surface area contributed by atoms with E-state index >= 15 is 0 Å². The van der Waals surface area contributed by atoms with Gasteiger partial charge in [0.15, 0.2) is 0 Å². The Bertz CT molecular complexity index is 2220. The number of hydrogen-bond donors (Lipinski definition) is 0. The third-order valence-corrected chi connectivity index (χ3v) is 9.07. The zero-order chi connectivity index (χ0) is 32.8. The fourth-order valence-electron chi connectivity index (χ4n) is 6.61. The van der Waals surface area contributed by atoms with Crippen molar-refractivity contribution in [3.05, 3.63) is 212 Å². The van der Waals surface area contributed by atoms with Crippen LogP contribution in [0.25, 0.3) is 55.6 Å². The molecule has 0 amide bonds. The molecule has 0 bridgehead atoms. The summed E-state index contributed by atoms with van der Waals surface area (Å²) < 4.78 is 0. The maximum atomic E-state index is 2.38. The standard InChI is InChI=1S/C48H35N/c1-5-15-36(16-6-1)39-25-29-44(30-26-39)49(45-31-27-41(28-32-45)48-24-14-13-23-47(48)40-21-11-4-12-22-40)46-34-42(37-17-7-2-8-18-37)33-43(35-46)38-19-9-3-10-20-38/h1-35H. The van der Waals surface area contributed by atoms with Crippen LogP contribution in [0, 0.1) is 0 Å². The first kappa shape index (κ1) is 29.9. The van der Waals surface area contributed by atoms with E-state index in [2.05, 4.69) is 217 Å². The first-order chi connectivity index (χ1) is 24.3. The molecule has 0 spiro atoms.